The molecule has 1 rings (SSSR count). The first kappa shape index (κ1) is 9.28. The molecule has 3 N–H and O–H groups in total. The fourth-order valence-corrected chi connectivity index (χ4v) is 0.577. The van der Waals surface area contributed by atoms with Gasteiger partial charge in [-0.3, -0.25) is 5.84 Å². The molecule has 0 aromatic carbocycles. The molecule has 1 fully saturated rings. The molecule has 0 amide bonds. The van der Waals surface area contributed by atoms with Gasteiger partial charge in [-0.15, -0.1) is 4.91 Å². The van der Waals surface area contributed by atoms with E-state index in [4.69, 9.17) is 20.7 Å². The van der Waals surface area contributed by atoms with Crippen LogP contribution in [0, 0.1) is 4.91 Å². The summed E-state index contributed by atoms with van der Waals surface area (Å²) in [7, 11) is 0. The fourth-order valence-electron chi connectivity index (χ4n) is 0.577. The molecule has 1 saturated heterocycles. The van der Waals surface area contributed by atoms with E-state index in [2.05, 4.69) is 0 Å². The van der Waals surface area contributed by atoms with Crippen LogP contribution >= 0.6 is 0 Å². The Morgan fingerprint density at radius 2 is 1.90 bits per heavy atom. The van der Waals surface area contributed by atoms with Gasteiger partial charge in [0.15, 0.2) is 5.34 Å². The van der Waals surface area contributed by atoms with Crippen molar-refractivity contribution in [2.24, 2.45) is 11.2 Å². The fraction of sp³-hybridized carbons (Fsp3) is 1.00. The lowest BCUT2D eigenvalue weighted by atomic mass is 10.5. The molecule has 0 spiro atoms. The van der Waals surface area contributed by atoms with E-state index >= 15 is 0 Å². The van der Waals surface area contributed by atoms with E-state index in [1.807, 2.05) is 0 Å². The second-order valence-electron chi connectivity index (χ2n) is 1.73. The Labute approximate surface area is 58.5 Å². The monoisotopic (exact) mass is 149 g/mol. The highest BCUT2D eigenvalue weighted by atomic mass is 16.6. The Hall–Kier alpha value is -0.720. The highest BCUT2D eigenvalue weighted by molar-refractivity contribution is 4.51. The van der Waals surface area contributed by atoms with Gasteiger partial charge in [-0.05, 0) is 0 Å². The lowest BCUT2D eigenvalue weighted by Crippen LogP contribution is -2.41. The van der Waals surface area contributed by atoms with Crippen molar-refractivity contribution in [3.63, 3.8) is 0 Å². The molecule has 60 valence electrons. The van der Waals surface area contributed by atoms with Crippen molar-refractivity contribution in [1.29, 1.82) is 0 Å². The molecule has 0 atom stereocenters. The summed E-state index contributed by atoms with van der Waals surface area (Å²) in [5, 5.41) is 9.66. The average molecular weight is 149 g/mol. The Morgan fingerprint density at radius 1 is 1.50 bits per heavy atom. The summed E-state index contributed by atoms with van der Waals surface area (Å²) >= 11 is 0. The Bertz CT molecular complexity index is 83.8. The summed E-state index contributed by atoms with van der Waals surface area (Å²) in [4.78, 5) is 8.11. The lowest BCUT2D eigenvalue weighted by Gasteiger charge is -2.20. The maximum atomic E-state index is 8.11. The number of rotatable bonds is 0. The Balaban J connectivity index is 0.000000236. The zero-order valence-corrected chi connectivity index (χ0v) is 5.56. The number of hydrogen-bond acceptors (Lipinski definition) is 5. The van der Waals surface area contributed by atoms with Gasteiger partial charge in [-0.25, -0.2) is 5.01 Å². The summed E-state index contributed by atoms with van der Waals surface area (Å²) in [6.07, 6.45) is 0. The third-order valence-corrected chi connectivity index (χ3v) is 1.05. The van der Waals surface area contributed by atoms with Crippen LogP contribution in [0.1, 0.15) is 0 Å². The molecule has 1 aliphatic heterocycles. The predicted octanol–water partition coefficient (Wildman–Crippen LogP) is -0.666. The maximum absolute atomic E-state index is 8.11. The standard InChI is InChI=1S/C4H10N2O.HNO2/c5-6-1-3-7-4-2-6;2-1-3/h1-5H2;(H,2,3). The van der Waals surface area contributed by atoms with E-state index in [-0.39, 0.29) is 0 Å². The van der Waals surface area contributed by atoms with E-state index in [0.29, 0.717) is 0 Å². The van der Waals surface area contributed by atoms with Crippen LogP contribution in [0.3, 0.4) is 0 Å². The molecule has 1 aliphatic rings. The van der Waals surface area contributed by atoms with Gasteiger partial charge in [-0.1, -0.05) is 0 Å². The first-order valence-electron chi connectivity index (χ1n) is 2.85. The number of hydrazine groups is 1. The van der Waals surface area contributed by atoms with Gasteiger partial charge in [0.2, 0.25) is 0 Å². The molecule has 0 unspecified atom stereocenters. The van der Waals surface area contributed by atoms with E-state index < -0.39 is 0 Å². The van der Waals surface area contributed by atoms with E-state index in [1.54, 1.807) is 5.01 Å². The average Bonchev–Trinajstić information content (AvgIpc) is 1.91. The van der Waals surface area contributed by atoms with Crippen LogP contribution in [0.4, 0.5) is 0 Å². The molecule has 6 nitrogen and oxygen atoms in total. The molecule has 0 bridgehead atoms. The van der Waals surface area contributed by atoms with Crippen LogP contribution in [-0.4, -0.2) is 36.5 Å². The van der Waals surface area contributed by atoms with E-state index in [1.165, 1.54) is 5.34 Å². The minimum atomic E-state index is 0.788. The zero-order valence-electron chi connectivity index (χ0n) is 5.56. The predicted molar refractivity (Wildman–Crippen MR) is 34.2 cm³/mol. The van der Waals surface area contributed by atoms with Crippen molar-refractivity contribution in [2.45, 2.75) is 0 Å². The second-order valence-corrected chi connectivity index (χ2v) is 1.73. The molecule has 0 radical (unpaired) electrons. The van der Waals surface area contributed by atoms with Gasteiger partial charge in [0.1, 0.15) is 0 Å². The van der Waals surface area contributed by atoms with Crippen molar-refractivity contribution in [3.8, 4) is 0 Å². The molecule has 6 heteroatoms. The molecular weight excluding hydrogens is 138 g/mol. The van der Waals surface area contributed by atoms with Crippen LogP contribution in [0.5, 0.6) is 0 Å². The molecular formula is C4H11N3O3. The largest absolute Gasteiger partial charge is 0.379 e. The minimum Gasteiger partial charge on any atom is -0.379 e. The van der Waals surface area contributed by atoms with Crippen LogP contribution in [0.2, 0.25) is 0 Å². The van der Waals surface area contributed by atoms with Gasteiger partial charge < -0.3 is 9.94 Å². The van der Waals surface area contributed by atoms with Crippen LogP contribution < -0.4 is 5.84 Å². The van der Waals surface area contributed by atoms with Crippen molar-refractivity contribution >= 4 is 0 Å². The van der Waals surface area contributed by atoms with E-state index in [9.17, 15) is 0 Å². The first-order valence-corrected chi connectivity index (χ1v) is 2.85. The normalized spacial score (nSPS) is 18.9. The molecule has 0 aromatic heterocycles. The van der Waals surface area contributed by atoms with Crippen molar-refractivity contribution < 1.29 is 9.94 Å². The Morgan fingerprint density at radius 3 is 2.10 bits per heavy atom. The molecule has 1 heterocycles. The number of ether oxygens (including phenoxy) is 1. The number of hydrogen-bond donors (Lipinski definition) is 2. The topological polar surface area (TPSA) is 88.1 Å². The smallest absolute Gasteiger partial charge is 0.152 e. The molecule has 0 aromatic rings. The molecule has 10 heavy (non-hydrogen) atoms. The summed E-state index contributed by atoms with van der Waals surface area (Å²) in [5.74, 6) is 5.39. The highest BCUT2D eigenvalue weighted by Crippen LogP contribution is 1.86. The first-order chi connectivity index (χ1) is 4.81. The minimum absolute atomic E-state index is 0.788. The van der Waals surface area contributed by atoms with Crippen LogP contribution in [0.15, 0.2) is 5.34 Å². The maximum Gasteiger partial charge on any atom is 0.152 e. The van der Waals surface area contributed by atoms with Crippen LogP contribution in [0.25, 0.3) is 0 Å². The Kier molecular flexibility index (Phi) is 5.94. The highest BCUT2D eigenvalue weighted by Gasteiger charge is 2.02. The summed E-state index contributed by atoms with van der Waals surface area (Å²) in [6, 6.07) is 0. The van der Waals surface area contributed by atoms with Gasteiger partial charge in [0, 0.05) is 13.1 Å². The van der Waals surface area contributed by atoms with Gasteiger partial charge >= 0.3 is 0 Å². The van der Waals surface area contributed by atoms with Crippen LogP contribution in [-0.2, 0) is 4.74 Å². The number of nitrogens with zero attached hydrogens (tertiary/aromatic N) is 2. The van der Waals surface area contributed by atoms with Crippen molar-refractivity contribution in [1.82, 2.24) is 5.01 Å². The van der Waals surface area contributed by atoms with Crippen molar-refractivity contribution in [3.05, 3.63) is 4.91 Å². The second kappa shape index (κ2) is 6.40. The van der Waals surface area contributed by atoms with Gasteiger partial charge in [0.05, 0.1) is 13.2 Å². The summed E-state index contributed by atoms with van der Waals surface area (Å²) < 4.78 is 5.02. The number of morpholine rings is 1. The third kappa shape index (κ3) is 5.42. The van der Waals surface area contributed by atoms with E-state index in [0.717, 1.165) is 26.3 Å². The van der Waals surface area contributed by atoms with Gasteiger partial charge in [-0.2, -0.15) is 0 Å². The SMILES string of the molecule is NN1CCOCC1.O=NO. The summed E-state index contributed by atoms with van der Waals surface area (Å²) in [5.41, 5.74) is 0. The quantitative estimate of drug-likeness (QED) is 0.271. The van der Waals surface area contributed by atoms with Crippen molar-refractivity contribution in [2.75, 3.05) is 26.3 Å². The lowest BCUT2D eigenvalue weighted by molar-refractivity contribution is 0.0378. The third-order valence-electron chi connectivity index (χ3n) is 1.05. The van der Waals surface area contributed by atoms with Gasteiger partial charge in [0.25, 0.3) is 0 Å². The molecule has 0 saturated carbocycles. The molecule has 0 aliphatic carbocycles. The summed E-state index contributed by atoms with van der Waals surface area (Å²) in [6.45, 7) is 3.33. The number of nitrogens with two attached hydrogens (primary N) is 1. The zero-order chi connectivity index (χ0) is 7.82.